The van der Waals surface area contributed by atoms with Gasteiger partial charge in [-0.1, -0.05) is 18.6 Å². The Balaban J connectivity index is 1.66. The summed E-state index contributed by atoms with van der Waals surface area (Å²) >= 11 is 0. The van der Waals surface area contributed by atoms with Gasteiger partial charge in [0.2, 0.25) is 0 Å². The average molecular weight is 204 g/mol. The third-order valence-corrected chi connectivity index (χ3v) is 2.83. The number of benzene rings is 1. The zero-order valence-corrected chi connectivity index (χ0v) is 9.04. The molecule has 81 valence electrons. The first-order valence-corrected chi connectivity index (χ1v) is 5.77. The lowest BCUT2D eigenvalue weighted by atomic mass is 10.0. The van der Waals surface area contributed by atoms with Gasteiger partial charge in [0.25, 0.3) is 0 Å². The van der Waals surface area contributed by atoms with Gasteiger partial charge < -0.3 is 10.1 Å². The summed E-state index contributed by atoms with van der Waals surface area (Å²) in [7, 11) is 0. The molecule has 1 aliphatic rings. The molecule has 1 heterocycles. The van der Waals surface area contributed by atoms with Crippen molar-refractivity contribution in [2.45, 2.75) is 31.7 Å². The van der Waals surface area contributed by atoms with Gasteiger partial charge in [-0.2, -0.15) is 0 Å². The molecule has 1 atom stereocenters. The first-order valence-electron chi connectivity index (χ1n) is 5.77. The largest absolute Gasteiger partial charge is 0.494 e. The van der Waals surface area contributed by atoms with Crippen molar-refractivity contribution < 1.29 is 4.74 Å². The number of nitrogens with one attached hydrogen (secondary N) is 1. The van der Waals surface area contributed by atoms with Crippen LogP contribution >= 0.6 is 0 Å². The predicted molar refractivity (Wildman–Crippen MR) is 61.0 cm³/mol. The third-order valence-electron chi connectivity index (χ3n) is 2.83. The van der Waals surface area contributed by atoms with E-state index >= 15 is 0 Å². The second-order valence-electron chi connectivity index (χ2n) is 4.02. The van der Waals surface area contributed by atoms with Crippen LogP contribution in [0.2, 0.25) is 0 Å². The van der Waals surface area contributed by atoms with Crippen LogP contribution in [-0.2, 0) is 0 Å². The van der Waals surface area contributed by atoms with E-state index in [1.807, 2.05) is 24.3 Å². The van der Waals surface area contributed by atoms with Gasteiger partial charge in [0, 0.05) is 6.04 Å². The molecule has 1 aromatic rings. The molecule has 0 spiro atoms. The Labute approximate surface area is 91.6 Å². The monoisotopic (exact) mass is 204 g/mol. The van der Waals surface area contributed by atoms with Crippen molar-refractivity contribution in [3.63, 3.8) is 0 Å². The number of piperidine rings is 1. The molecule has 1 N–H and O–H groups in total. The highest BCUT2D eigenvalue weighted by atomic mass is 16.5. The fourth-order valence-electron chi connectivity index (χ4n) is 1.96. The maximum Gasteiger partial charge on any atom is 0.119 e. The highest BCUT2D eigenvalue weighted by Gasteiger charge is 2.11. The average Bonchev–Trinajstić information content (AvgIpc) is 2.32. The van der Waals surface area contributed by atoms with Crippen molar-refractivity contribution >= 4 is 0 Å². The van der Waals surface area contributed by atoms with Crippen molar-refractivity contribution in [2.75, 3.05) is 13.2 Å². The fraction of sp³-hybridized carbons (Fsp3) is 0.538. The van der Waals surface area contributed by atoms with Crippen LogP contribution in [0.4, 0.5) is 0 Å². The zero-order valence-electron chi connectivity index (χ0n) is 9.04. The maximum atomic E-state index is 5.64. The van der Waals surface area contributed by atoms with E-state index in [1.165, 1.54) is 25.8 Å². The Morgan fingerprint density at radius 2 is 2.47 bits per heavy atom. The Morgan fingerprint density at radius 3 is 3.20 bits per heavy atom. The van der Waals surface area contributed by atoms with Gasteiger partial charge in [-0.25, -0.2) is 0 Å². The molecule has 2 rings (SSSR count). The molecule has 0 saturated carbocycles. The van der Waals surface area contributed by atoms with Crippen LogP contribution in [0, 0.1) is 6.07 Å². The van der Waals surface area contributed by atoms with E-state index in [9.17, 15) is 0 Å². The lowest BCUT2D eigenvalue weighted by molar-refractivity contribution is 0.268. The highest BCUT2D eigenvalue weighted by molar-refractivity contribution is 5.19. The Kier molecular flexibility index (Phi) is 4.03. The van der Waals surface area contributed by atoms with Crippen molar-refractivity contribution in [3.05, 3.63) is 30.3 Å². The minimum Gasteiger partial charge on any atom is -0.494 e. The first kappa shape index (κ1) is 10.5. The predicted octanol–water partition coefficient (Wildman–Crippen LogP) is 2.40. The fourth-order valence-corrected chi connectivity index (χ4v) is 1.96. The topological polar surface area (TPSA) is 21.3 Å². The second kappa shape index (κ2) is 5.76. The highest BCUT2D eigenvalue weighted by Crippen LogP contribution is 2.12. The number of hydrogen-bond donors (Lipinski definition) is 1. The van der Waals surface area contributed by atoms with Crippen molar-refractivity contribution in [3.8, 4) is 5.75 Å². The van der Waals surface area contributed by atoms with Crippen LogP contribution in [0.3, 0.4) is 0 Å². The summed E-state index contributed by atoms with van der Waals surface area (Å²) in [6, 6.07) is 11.4. The van der Waals surface area contributed by atoms with Crippen LogP contribution in [0.1, 0.15) is 25.7 Å². The van der Waals surface area contributed by atoms with Gasteiger partial charge in [0.1, 0.15) is 5.75 Å². The minimum atomic E-state index is 0.659. The molecule has 1 unspecified atom stereocenters. The molecule has 15 heavy (non-hydrogen) atoms. The quantitative estimate of drug-likeness (QED) is 0.813. The van der Waals surface area contributed by atoms with E-state index in [-0.39, 0.29) is 0 Å². The molecular weight excluding hydrogens is 186 g/mol. The van der Waals surface area contributed by atoms with E-state index in [0.717, 1.165) is 18.8 Å². The Hall–Kier alpha value is -1.02. The van der Waals surface area contributed by atoms with Gasteiger partial charge >= 0.3 is 0 Å². The van der Waals surface area contributed by atoms with Crippen molar-refractivity contribution in [1.82, 2.24) is 5.32 Å². The first-order chi connectivity index (χ1) is 7.45. The summed E-state index contributed by atoms with van der Waals surface area (Å²) in [6.07, 6.45) is 5.08. The SMILES string of the molecule is [c]1cccc(OCCC2CCCCN2)c1. The Morgan fingerprint density at radius 1 is 1.47 bits per heavy atom. The standard InChI is InChI=1S/C13H18NO/c1-2-7-13(8-3-1)15-11-9-12-6-4-5-10-14-12/h1-2,7-8,12,14H,4-6,9-11H2. The molecule has 0 aliphatic carbocycles. The second-order valence-corrected chi connectivity index (χ2v) is 4.02. The van der Waals surface area contributed by atoms with E-state index < -0.39 is 0 Å². The van der Waals surface area contributed by atoms with Crippen LogP contribution in [-0.4, -0.2) is 19.2 Å². The van der Waals surface area contributed by atoms with Crippen LogP contribution < -0.4 is 10.1 Å². The smallest absolute Gasteiger partial charge is 0.119 e. The van der Waals surface area contributed by atoms with E-state index in [2.05, 4.69) is 11.4 Å². The molecule has 2 nitrogen and oxygen atoms in total. The summed E-state index contributed by atoms with van der Waals surface area (Å²) in [4.78, 5) is 0. The van der Waals surface area contributed by atoms with Gasteiger partial charge in [-0.3, -0.25) is 0 Å². The number of rotatable bonds is 4. The van der Waals surface area contributed by atoms with E-state index in [0.29, 0.717) is 6.04 Å². The summed E-state index contributed by atoms with van der Waals surface area (Å²) in [5.74, 6) is 0.924. The summed E-state index contributed by atoms with van der Waals surface area (Å²) in [5, 5.41) is 3.52. The normalized spacial score (nSPS) is 21.2. The molecule has 1 saturated heterocycles. The molecule has 1 radical (unpaired) electrons. The molecular formula is C13H18NO. The third kappa shape index (κ3) is 3.56. The molecule has 2 heteroatoms. The van der Waals surface area contributed by atoms with Crippen LogP contribution in [0.5, 0.6) is 5.75 Å². The van der Waals surface area contributed by atoms with Gasteiger partial charge in [-0.05, 0) is 44.0 Å². The van der Waals surface area contributed by atoms with E-state index in [1.54, 1.807) is 0 Å². The number of ether oxygens (including phenoxy) is 1. The zero-order chi connectivity index (χ0) is 10.3. The maximum absolute atomic E-state index is 5.64. The lowest BCUT2D eigenvalue weighted by Crippen LogP contribution is -2.35. The summed E-state index contributed by atoms with van der Waals surface area (Å²) in [6.45, 7) is 1.97. The van der Waals surface area contributed by atoms with Crippen LogP contribution in [0.15, 0.2) is 24.3 Å². The lowest BCUT2D eigenvalue weighted by Gasteiger charge is -2.23. The summed E-state index contributed by atoms with van der Waals surface area (Å²) < 4.78 is 5.64. The van der Waals surface area contributed by atoms with Gasteiger partial charge in [0.15, 0.2) is 0 Å². The molecule has 0 aromatic heterocycles. The van der Waals surface area contributed by atoms with Gasteiger partial charge in [0.05, 0.1) is 6.61 Å². The molecule has 0 bridgehead atoms. The minimum absolute atomic E-state index is 0.659. The van der Waals surface area contributed by atoms with Crippen molar-refractivity contribution in [1.29, 1.82) is 0 Å². The van der Waals surface area contributed by atoms with E-state index in [4.69, 9.17) is 4.74 Å². The van der Waals surface area contributed by atoms with Crippen molar-refractivity contribution in [2.24, 2.45) is 0 Å². The summed E-state index contributed by atoms with van der Waals surface area (Å²) in [5.41, 5.74) is 0. The number of hydrogen-bond acceptors (Lipinski definition) is 2. The molecule has 1 aromatic carbocycles. The Bertz CT molecular complexity index is 267. The molecule has 1 fully saturated rings. The molecule has 1 aliphatic heterocycles. The molecule has 0 amide bonds. The van der Waals surface area contributed by atoms with Crippen LogP contribution in [0.25, 0.3) is 0 Å². The van der Waals surface area contributed by atoms with Gasteiger partial charge in [-0.15, -0.1) is 0 Å².